The van der Waals surface area contributed by atoms with E-state index in [1.54, 1.807) is 0 Å². The van der Waals surface area contributed by atoms with Crippen LogP contribution >= 0.6 is 0 Å². The molecule has 3 heterocycles. The lowest BCUT2D eigenvalue weighted by Gasteiger charge is -2.24. The molecule has 2 aromatic heterocycles. The average Bonchev–Trinajstić information content (AvgIpc) is 3.27. The number of hydrogen-bond donors (Lipinski definition) is 1. The molecule has 1 saturated heterocycles. The lowest BCUT2D eigenvalue weighted by molar-refractivity contribution is 0.0721. The molecule has 1 atom stereocenters. The van der Waals surface area contributed by atoms with Crippen LogP contribution in [-0.4, -0.2) is 39.5 Å². The highest BCUT2D eigenvalue weighted by molar-refractivity contribution is 5.94. The van der Waals surface area contributed by atoms with Crippen LogP contribution in [0.4, 0.5) is 5.82 Å². The van der Waals surface area contributed by atoms with Crippen LogP contribution < -0.4 is 5.32 Å². The third kappa shape index (κ3) is 2.88. The van der Waals surface area contributed by atoms with E-state index in [0.29, 0.717) is 11.5 Å². The molecule has 1 fully saturated rings. The van der Waals surface area contributed by atoms with Gasteiger partial charge in [0.05, 0.1) is 11.7 Å². The van der Waals surface area contributed by atoms with Crippen LogP contribution in [0.3, 0.4) is 0 Å². The van der Waals surface area contributed by atoms with Gasteiger partial charge in [-0.05, 0) is 39.0 Å². The zero-order chi connectivity index (χ0) is 17.4. The molecule has 25 heavy (non-hydrogen) atoms. The molecule has 0 spiro atoms. The Morgan fingerprint density at radius 3 is 2.96 bits per heavy atom. The van der Waals surface area contributed by atoms with E-state index >= 15 is 0 Å². The molecule has 0 bridgehead atoms. The molecule has 132 valence electrons. The Balaban J connectivity index is 1.64. The smallest absolute Gasteiger partial charge is 0.276 e. The van der Waals surface area contributed by atoms with E-state index in [0.717, 1.165) is 67.9 Å². The van der Waals surface area contributed by atoms with Crippen LogP contribution in [-0.2, 0) is 12.8 Å². The second kappa shape index (κ2) is 6.46. The van der Waals surface area contributed by atoms with Gasteiger partial charge in [-0.15, -0.1) is 0 Å². The van der Waals surface area contributed by atoms with Gasteiger partial charge in [-0.2, -0.15) is 0 Å². The molecule has 7 heteroatoms. The number of nitrogens with one attached hydrogen (secondary N) is 1. The first-order valence-corrected chi connectivity index (χ1v) is 8.99. The Bertz CT molecular complexity index is 801. The molecule has 0 unspecified atom stereocenters. The summed E-state index contributed by atoms with van der Waals surface area (Å²) >= 11 is 0. The number of rotatable bonds is 3. The first kappa shape index (κ1) is 16.1. The highest BCUT2D eigenvalue weighted by Crippen LogP contribution is 2.34. The number of nitrogens with zero attached hydrogens (tertiary/aromatic N) is 4. The van der Waals surface area contributed by atoms with Gasteiger partial charge < -0.3 is 14.7 Å². The molecule has 0 saturated carbocycles. The summed E-state index contributed by atoms with van der Waals surface area (Å²) in [6.07, 6.45) is 5.84. The number of aryl methyl sites for hydroxylation is 2. The Labute approximate surface area is 146 Å². The van der Waals surface area contributed by atoms with E-state index in [9.17, 15) is 4.79 Å². The first-order chi connectivity index (χ1) is 12.2. The monoisotopic (exact) mass is 341 g/mol. The molecule has 1 N–H and O–H groups in total. The minimum atomic E-state index is -0.0309. The third-order valence-electron chi connectivity index (χ3n) is 5.12. The van der Waals surface area contributed by atoms with Crippen molar-refractivity contribution in [1.82, 2.24) is 20.0 Å². The highest BCUT2D eigenvalue weighted by Gasteiger charge is 2.35. The Kier molecular flexibility index (Phi) is 4.15. The van der Waals surface area contributed by atoms with Crippen molar-refractivity contribution in [2.45, 2.75) is 51.5 Å². The fraction of sp³-hybridized carbons (Fsp3) is 0.556. The quantitative estimate of drug-likeness (QED) is 0.924. The van der Waals surface area contributed by atoms with Gasteiger partial charge in [0, 0.05) is 31.6 Å². The maximum atomic E-state index is 13.1. The van der Waals surface area contributed by atoms with Crippen LogP contribution in [0.25, 0.3) is 0 Å². The number of fused-ring (bicyclic) bond motifs is 1. The van der Waals surface area contributed by atoms with Gasteiger partial charge in [0.2, 0.25) is 0 Å². The molecule has 4 rings (SSSR count). The summed E-state index contributed by atoms with van der Waals surface area (Å²) in [5.74, 6) is 2.35. The first-order valence-electron chi connectivity index (χ1n) is 8.99. The van der Waals surface area contributed by atoms with Crippen molar-refractivity contribution >= 4 is 11.7 Å². The molecule has 1 aliphatic heterocycles. The number of anilines is 1. The molecule has 0 radical (unpaired) electrons. The Hall–Kier alpha value is -2.44. The largest absolute Gasteiger partial charge is 0.373 e. The van der Waals surface area contributed by atoms with Crippen LogP contribution in [0.15, 0.2) is 10.6 Å². The van der Waals surface area contributed by atoms with Crippen molar-refractivity contribution in [2.75, 3.05) is 18.9 Å². The molecule has 1 amide bonds. The fourth-order valence-electron chi connectivity index (χ4n) is 3.90. The topological polar surface area (TPSA) is 84.2 Å². The number of amides is 1. The van der Waals surface area contributed by atoms with Crippen LogP contribution in [0.5, 0.6) is 0 Å². The minimum Gasteiger partial charge on any atom is -0.373 e. The molecule has 2 aliphatic rings. The van der Waals surface area contributed by atoms with E-state index in [1.807, 2.05) is 24.9 Å². The summed E-state index contributed by atoms with van der Waals surface area (Å²) in [4.78, 5) is 24.0. The number of hydrogen-bond acceptors (Lipinski definition) is 6. The van der Waals surface area contributed by atoms with Crippen molar-refractivity contribution in [2.24, 2.45) is 0 Å². The zero-order valence-electron chi connectivity index (χ0n) is 14.7. The molecule has 2 aromatic rings. The fourth-order valence-corrected chi connectivity index (χ4v) is 3.90. The molecule has 7 nitrogen and oxygen atoms in total. The predicted octanol–water partition coefficient (Wildman–Crippen LogP) is 2.67. The van der Waals surface area contributed by atoms with E-state index < -0.39 is 0 Å². The van der Waals surface area contributed by atoms with Crippen LogP contribution in [0.2, 0.25) is 0 Å². The summed E-state index contributed by atoms with van der Waals surface area (Å²) in [6.45, 7) is 2.60. The Morgan fingerprint density at radius 2 is 2.12 bits per heavy atom. The number of likely N-dealkylation sites (tertiary alicyclic amines) is 1. The van der Waals surface area contributed by atoms with E-state index in [4.69, 9.17) is 4.52 Å². The molecule has 1 aliphatic carbocycles. The summed E-state index contributed by atoms with van der Waals surface area (Å²) < 4.78 is 5.43. The zero-order valence-corrected chi connectivity index (χ0v) is 14.7. The summed E-state index contributed by atoms with van der Waals surface area (Å²) in [5.41, 5.74) is 2.40. The normalized spacial score (nSPS) is 19.8. The third-order valence-corrected chi connectivity index (χ3v) is 5.12. The lowest BCUT2D eigenvalue weighted by Crippen LogP contribution is -2.32. The van der Waals surface area contributed by atoms with E-state index in [2.05, 4.69) is 20.4 Å². The lowest BCUT2D eigenvalue weighted by atomic mass is 9.96. The molecular formula is C18H23N5O2. The maximum Gasteiger partial charge on any atom is 0.276 e. The predicted molar refractivity (Wildman–Crippen MR) is 92.5 cm³/mol. The van der Waals surface area contributed by atoms with Crippen LogP contribution in [0, 0.1) is 6.92 Å². The second-order valence-electron chi connectivity index (χ2n) is 6.77. The van der Waals surface area contributed by atoms with E-state index in [1.165, 1.54) is 0 Å². The highest BCUT2D eigenvalue weighted by atomic mass is 16.5. The van der Waals surface area contributed by atoms with Gasteiger partial charge >= 0.3 is 0 Å². The van der Waals surface area contributed by atoms with Crippen molar-refractivity contribution in [3.63, 3.8) is 0 Å². The second-order valence-corrected chi connectivity index (χ2v) is 6.77. The van der Waals surface area contributed by atoms with Crippen molar-refractivity contribution in [3.05, 3.63) is 34.6 Å². The van der Waals surface area contributed by atoms with E-state index in [-0.39, 0.29) is 11.9 Å². The van der Waals surface area contributed by atoms with Crippen LogP contribution in [0.1, 0.15) is 65.1 Å². The molecular weight excluding hydrogens is 318 g/mol. The number of aromatic nitrogens is 3. The average molecular weight is 341 g/mol. The van der Waals surface area contributed by atoms with Crippen molar-refractivity contribution in [1.29, 1.82) is 0 Å². The van der Waals surface area contributed by atoms with Crippen molar-refractivity contribution < 1.29 is 9.32 Å². The molecule has 0 aromatic carbocycles. The Morgan fingerprint density at radius 1 is 1.28 bits per heavy atom. The van der Waals surface area contributed by atoms with Gasteiger partial charge in [0.25, 0.3) is 5.91 Å². The van der Waals surface area contributed by atoms with Gasteiger partial charge in [-0.1, -0.05) is 5.16 Å². The van der Waals surface area contributed by atoms with Gasteiger partial charge in [-0.3, -0.25) is 4.79 Å². The van der Waals surface area contributed by atoms with Crippen molar-refractivity contribution in [3.8, 4) is 0 Å². The standard InChI is InChI=1S/C18H23N5O2/c1-11-20-13(10-16(19-2)21-11)14-7-5-9-23(14)18(24)17-12-6-3-4-8-15(12)25-22-17/h10,14H,3-9H2,1-2H3,(H,19,20,21)/t14-/m0/s1. The van der Waals surface area contributed by atoms with Gasteiger partial charge in [0.1, 0.15) is 17.4 Å². The SMILES string of the molecule is CNc1cc([C@@H]2CCCN2C(=O)c2noc3c2CCCC3)nc(C)n1. The van der Waals surface area contributed by atoms with Gasteiger partial charge in [-0.25, -0.2) is 9.97 Å². The summed E-state index contributed by atoms with van der Waals surface area (Å²) in [7, 11) is 1.84. The maximum absolute atomic E-state index is 13.1. The number of carbonyl (C=O) groups excluding carboxylic acids is 1. The minimum absolute atomic E-state index is 0.0303. The number of carbonyl (C=O) groups is 1. The summed E-state index contributed by atoms with van der Waals surface area (Å²) in [6, 6.07) is 1.90. The van der Waals surface area contributed by atoms with Gasteiger partial charge in [0.15, 0.2) is 5.69 Å². The summed E-state index contributed by atoms with van der Waals surface area (Å²) in [5, 5.41) is 7.17.